The van der Waals surface area contributed by atoms with Crippen LogP contribution in [0.5, 0.6) is 0 Å². The lowest BCUT2D eigenvalue weighted by Crippen LogP contribution is -2.51. The number of nitrogens with one attached hydrogen (secondary N) is 2. The maximum absolute atomic E-state index is 12.5. The highest BCUT2D eigenvalue weighted by atomic mass is 35.5. The van der Waals surface area contributed by atoms with Gasteiger partial charge in [-0.05, 0) is 32.4 Å². The molecule has 0 bridgehead atoms. The Bertz CT molecular complexity index is 549. The molecule has 0 aliphatic carbocycles. The minimum Gasteiger partial charge on any atom is -0.469 e. The van der Waals surface area contributed by atoms with Gasteiger partial charge in [-0.3, -0.25) is 14.9 Å². The van der Waals surface area contributed by atoms with Gasteiger partial charge in [-0.2, -0.15) is 0 Å². The van der Waals surface area contributed by atoms with Gasteiger partial charge < -0.3 is 14.8 Å². The van der Waals surface area contributed by atoms with Crippen LogP contribution >= 0.6 is 23.7 Å². The molecule has 1 aromatic heterocycles. The first-order valence-electron chi connectivity index (χ1n) is 7.56. The highest BCUT2D eigenvalue weighted by Crippen LogP contribution is 2.25. The Labute approximate surface area is 151 Å². The molecule has 24 heavy (non-hydrogen) atoms. The fourth-order valence-corrected chi connectivity index (χ4v) is 3.23. The molecule has 2 rings (SSSR count). The lowest BCUT2D eigenvalue weighted by Gasteiger charge is -2.34. The van der Waals surface area contributed by atoms with Crippen molar-refractivity contribution in [3.8, 4) is 0 Å². The normalized spacial score (nSPS) is 16.1. The Balaban J connectivity index is 0.00000288. The van der Waals surface area contributed by atoms with Crippen molar-refractivity contribution in [2.45, 2.75) is 37.7 Å². The minimum atomic E-state index is -0.804. The third-order valence-corrected chi connectivity index (χ3v) is 4.80. The standard InChI is InChI=1S/C14H22N4O4S.ClH/c1-21-11(19)5-3-4-10-17-18-13(23-10)16-12(20)14(22-2)6-8-15-9-7-14;/h15H,3-9H2,1-2H3,(H,16,18,20);1H. The molecule has 1 fully saturated rings. The number of piperidine rings is 1. The molecule has 1 aliphatic rings. The summed E-state index contributed by atoms with van der Waals surface area (Å²) in [6.45, 7) is 1.49. The monoisotopic (exact) mass is 378 g/mol. The molecule has 0 atom stereocenters. The van der Waals surface area contributed by atoms with Crippen molar-refractivity contribution in [2.24, 2.45) is 0 Å². The van der Waals surface area contributed by atoms with Crippen LogP contribution in [0.3, 0.4) is 0 Å². The lowest BCUT2D eigenvalue weighted by atomic mass is 9.91. The van der Waals surface area contributed by atoms with E-state index in [1.54, 1.807) is 7.11 Å². The average Bonchev–Trinajstić information content (AvgIpc) is 3.02. The van der Waals surface area contributed by atoms with Gasteiger partial charge in [0.25, 0.3) is 5.91 Å². The fraction of sp³-hybridized carbons (Fsp3) is 0.714. The molecule has 2 N–H and O–H groups in total. The first-order valence-corrected chi connectivity index (χ1v) is 8.38. The highest BCUT2D eigenvalue weighted by Gasteiger charge is 2.40. The van der Waals surface area contributed by atoms with E-state index in [0.717, 1.165) is 18.1 Å². The quantitative estimate of drug-likeness (QED) is 0.686. The number of carbonyl (C=O) groups excluding carboxylic acids is 2. The number of aromatic nitrogens is 2. The van der Waals surface area contributed by atoms with E-state index in [1.807, 2.05) is 0 Å². The van der Waals surface area contributed by atoms with Crippen molar-refractivity contribution in [3.05, 3.63) is 5.01 Å². The van der Waals surface area contributed by atoms with Crippen molar-refractivity contribution in [2.75, 3.05) is 32.6 Å². The summed E-state index contributed by atoms with van der Waals surface area (Å²) in [5, 5.41) is 15.3. The number of aryl methyl sites for hydroxylation is 1. The highest BCUT2D eigenvalue weighted by molar-refractivity contribution is 7.15. The number of carbonyl (C=O) groups is 2. The van der Waals surface area contributed by atoms with Gasteiger partial charge in [-0.1, -0.05) is 11.3 Å². The van der Waals surface area contributed by atoms with E-state index in [9.17, 15) is 9.59 Å². The van der Waals surface area contributed by atoms with Crippen molar-refractivity contribution in [1.82, 2.24) is 15.5 Å². The topological polar surface area (TPSA) is 102 Å². The molecule has 0 saturated carbocycles. The summed E-state index contributed by atoms with van der Waals surface area (Å²) in [4.78, 5) is 23.6. The minimum absolute atomic E-state index is 0. The van der Waals surface area contributed by atoms with Crippen LogP contribution in [0.15, 0.2) is 0 Å². The first kappa shape index (κ1) is 20.8. The van der Waals surface area contributed by atoms with Gasteiger partial charge in [-0.25, -0.2) is 0 Å². The number of halogens is 1. The Kier molecular flexibility index (Phi) is 8.54. The van der Waals surface area contributed by atoms with E-state index in [4.69, 9.17) is 4.74 Å². The number of nitrogens with zero attached hydrogens (tertiary/aromatic N) is 2. The van der Waals surface area contributed by atoms with Gasteiger partial charge in [0.2, 0.25) is 5.13 Å². The van der Waals surface area contributed by atoms with Gasteiger partial charge in [0, 0.05) is 20.0 Å². The second kappa shape index (κ2) is 9.87. The number of amides is 1. The van der Waals surface area contributed by atoms with Crippen LogP contribution < -0.4 is 10.6 Å². The van der Waals surface area contributed by atoms with Crippen molar-refractivity contribution >= 4 is 40.8 Å². The molecule has 1 saturated heterocycles. The molecule has 0 spiro atoms. The maximum Gasteiger partial charge on any atom is 0.305 e. The van der Waals surface area contributed by atoms with Crippen molar-refractivity contribution in [3.63, 3.8) is 0 Å². The van der Waals surface area contributed by atoms with Gasteiger partial charge in [0.15, 0.2) is 0 Å². The molecule has 0 radical (unpaired) electrons. The summed E-state index contributed by atoms with van der Waals surface area (Å²) in [5.74, 6) is -0.422. The molecular formula is C14H23ClN4O4S. The smallest absolute Gasteiger partial charge is 0.305 e. The maximum atomic E-state index is 12.5. The zero-order valence-electron chi connectivity index (χ0n) is 13.8. The van der Waals surface area contributed by atoms with Crippen LogP contribution in [-0.4, -0.2) is 55.0 Å². The number of rotatable bonds is 7. The summed E-state index contributed by atoms with van der Waals surface area (Å²) in [6.07, 6.45) is 2.86. The second-order valence-electron chi connectivity index (χ2n) is 5.33. The molecule has 0 unspecified atom stereocenters. The van der Waals surface area contributed by atoms with E-state index >= 15 is 0 Å². The van der Waals surface area contributed by atoms with Gasteiger partial charge >= 0.3 is 5.97 Å². The Morgan fingerprint density at radius 1 is 1.29 bits per heavy atom. The van der Waals surface area contributed by atoms with Crippen LogP contribution in [0.2, 0.25) is 0 Å². The molecule has 10 heteroatoms. The predicted octanol–water partition coefficient (Wildman–Crippen LogP) is 1.16. The van der Waals surface area contributed by atoms with Gasteiger partial charge in [0.05, 0.1) is 7.11 Å². The second-order valence-corrected chi connectivity index (χ2v) is 6.40. The number of anilines is 1. The zero-order valence-corrected chi connectivity index (χ0v) is 15.4. The predicted molar refractivity (Wildman–Crippen MR) is 92.6 cm³/mol. The number of hydrogen-bond donors (Lipinski definition) is 2. The van der Waals surface area contributed by atoms with Crippen molar-refractivity contribution < 1.29 is 19.1 Å². The molecule has 2 heterocycles. The zero-order chi connectivity index (χ0) is 16.7. The third-order valence-electron chi connectivity index (χ3n) is 3.90. The molecule has 0 aromatic carbocycles. The van der Waals surface area contributed by atoms with Gasteiger partial charge in [0.1, 0.15) is 10.6 Å². The molecule has 136 valence electrons. The largest absolute Gasteiger partial charge is 0.469 e. The van der Waals surface area contributed by atoms with Crippen LogP contribution in [0.25, 0.3) is 0 Å². The molecule has 8 nitrogen and oxygen atoms in total. The Morgan fingerprint density at radius 3 is 2.62 bits per heavy atom. The van der Waals surface area contributed by atoms with Crippen molar-refractivity contribution in [1.29, 1.82) is 0 Å². The fourth-order valence-electron chi connectivity index (χ4n) is 2.46. The van der Waals surface area contributed by atoms with E-state index in [2.05, 4.69) is 25.6 Å². The SMILES string of the molecule is COC(=O)CCCc1nnc(NC(=O)C2(OC)CCNCC2)s1.Cl. The van der Waals surface area contributed by atoms with Gasteiger partial charge in [-0.15, -0.1) is 22.6 Å². The molecule has 1 aromatic rings. The summed E-state index contributed by atoms with van der Waals surface area (Å²) in [5.41, 5.74) is -0.804. The number of ether oxygens (including phenoxy) is 2. The average molecular weight is 379 g/mol. The summed E-state index contributed by atoms with van der Waals surface area (Å²) in [6, 6.07) is 0. The molecule has 1 aliphatic heterocycles. The Hall–Kier alpha value is -1.29. The lowest BCUT2D eigenvalue weighted by molar-refractivity contribution is -0.141. The van der Waals surface area contributed by atoms with E-state index in [0.29, 0.717) is 37.2 Å². The summed E-state index contributed by atoms with van der Waals surface area (Å²) >= 11 is 1.32. The van der Waals surface area contributed by atoms with E-state index in [-0.39, 0.29) is 24.3 Å². The van der Waals surface area contributed by atoms with Crippen LogP contribution in [0.1, 0.15) is 30.7 Å². The third kappa shape index (κ3) is 5.37. The molecular weight excluding hydrogens is 356 g/mol. The van der Waals surface area contributed by atoms with Crippen LogP contribution in [-0.2, 0) is 25.5 Å². The van der Waals surface area contributed by atoms with Crippen LogP contribution in [0, 0.1) is 0 Å². The Morgan fingerprint density at radius 2 is 2.00 bits per heavy atom. The summed E-state index contributed by atoms with van der Waals surface area (Å²) < 4.78 is 10.1. The number of methoxy groups -OCH3 is 2. The van der Waals surface area contributed by atoms with E-state index in [1.165, 1.54) is 18.4 Å². The molecule has 1 amide bonds. The number of hydrogen-bond acceptors (Lipinski definition) is 8. The number of esters is 1. The van der Waals surface area contributed by atoms with Crippen LogP contribution in [0.4, 0.5) is 5.13 Å². The van der Waals surface area contributed by atoms with E-state index < -0.39 is 5.60 Å². The summed E-state index contributed by atoms with van der Waals surface area (Å²) in [7, 11) is 2.93. The first-order chi connectivity index (χ1) is 11.1.